The van der Waals surface area contributed by atoms with Crippen LogP contribution in [0, 0.1) is 0 Å². The summed E-state index contributed by atoms with van der Waals surface area (Å²) in [7, 11) is 0. The molecule has 2 aromatic carbocycles. The summed E-state index contributed by atoms with van der Waals surface area (Å²) < 4.78 is 0. The van der Waals surface area contributed by atoms with Crippen LogP contribution in [-0.4, -0.2) is 70.0 Å². The van der Waals surface area contributed by atoms with E-state index in [1.165, 1.54) is 0 Å². The SMILES string of the molecule is CCN1C(=O)C(CC(=O)N2CCC(N3CCc4ccccc4NC3=O)CC2)SC1c1ccccc1. The number of anilines is 1. The van der Waals surface area contributed by atoms with Gasteiger partial charge in [0.1, 0.15) is 5.37 Å². The van der Waals surface area contributed by atoms with Crippen molar-refractivity contribution in [3.63, 3.8) is 0 Å². The molecule has 0 aliphatic carbocycles. The number of benzene rings is 2. The summed E-state index contributed by atoms with van der Waals surface area (Å²) in [6.45, 7) is 4.53. The summed E-state index contributed by atoms with van der Waals surface area (Å²) in [6, 6.07) is 18.0. The Morgan fingerprint density at radius 2 is 1.71 bits per heavy atom. The Labute approximate surface area is 210 Å². The molecule has 2 atom stereocenters. The lowest BCUT2D eigenvalue weighted by Crippen LogP contribution is -2.50. The molecule has 0 radical (unpaired) electrons. The average molecular weight is 493 g/mol. The molecule has 35 heavy (non-hydrogen) atoms. The number of carbonyl (C=O) groups excluding carboxylic acids is 3. The Bertz CT molecular complexity index is 1090. The minimum Gasteiger partial charge on any atom is -0.342 e. The van der Waals surface area contributed by atoms with Crippen molar-refractivity contribution in [2.75, 3.05) is 31.5 Å². The maximum absolute atomic E-state index is 13.1. The lowest BCUT2D eigenvalue weighted by molar-refractivity contribution is -0.136. The van der Waals surface area contributed by atoms with Gasteiger partial charge in [0.05, 0.1) is 5.25 Å². The highest BCUT2D eigenvalue weighted by molar-refractivity contribution is 8.01. The Morgan fingerprint density at radius 3 is 2.46 bits per heavy atom. The monoisotopic (exact) mass is 492 g/mol. The lowest BCUT2D eigenvalue weighted by atomic mass is 10.0. The maximum Gasteiger partial charge on any atom is 0.322 e. The molecule has 0 aromatic heterocycles. The molecule has 8 heteroatoms. The lowest BCUT2D eigenvalue weighted by Gasteiger charge is -2.38. The minimum atomic E-state index is -0.347. The molecule has 2 aromatic rings. The molecule has 5 rings (SSSR count). The second-order valence-electron chi connectivity index (χ2n) is 9.36. The number of nitrogens with one attached hydrogen (secondary N) is 1. The number of nitrogens with zero attached hydrogens (tertiary/aromatic N) is 3. The Kier molecular flexibility index (Phi) is 7.00. The summed E-state index contributed by atoms with van der Waals surface area (Å²) in [5, 5.41) is 2.66. The predicted molar refractivity (Wildman–Crippen MR) is 138 cm³/mol. The molecule has 0 bridgehead atoms. The van der Waals surface area contributed by atoms with Crippen LogP contribution in [0.4, 0.5) is 10.5 Å². The zero-order chi connectivity index (χ0) is 24.4. The normalized spacial score (nSPS) is 23.2. The molecule has 0 saturated carbocycles. The molecule has 4 amide bonds. The number of amides is 4. The first kappa shape index (κ1) is 23.7. The number of carbonyl (C=O) groups is 3. The summed E-state index contributed by atoms with van der Waals surface area (Å²) in [6.07, 6.45) is 2.57. The van der Waals surface area contributed by atoms with Crippen LogP contribution in [0.5, 0.6) is 0 Å². The van der Waals surface area contributed by atoms with Crippen LogP contribution in [0.25, 0.3) is 0 Å². The van der Waals surface area contributed by atoms with Gasteiger partial charge >= 0.3 is 6.03 Å². The van der Waals surface area contributed by atoms with E-state index in [1.54, 1.807) is 11.8 Å². The molecular formula is C27H32N4O3S. The third kappa shape index (κ3) is 4.89. The van der Waals surface area contributed by atoms with E-state index >= 15 is 0 Å². The smallest absolute Gasteiger partial charge is 0.322 e. The van der Waals surface area contributed by atoms with E-state index < -0.39 is 0 Å². The van der Waals surface area contributed by atoms with E-state index in [9.17, 15) is 14.4 Å². The fourth-order valence-corrected chi connectivity index (χ4v) is 6.89. The molecule has 2 saturated heterocycles. The Morgan fingerprint density at radius 1 is 1.00 bits per heavy atom. The van der Waals surface area contributed by atoms with Gasteiger partial charge in [-0.2, -0.15) is 0 Å². The number of hydrogen-bond donors (Lipinski definition) is 1. The molecule has 3 aliphatic heterocycles. The van der Waals surface area contributed by atoms with Crippen LogP contribution < -0.4 is 5.32 Å². The highest BCUT2D eigenvalue weighted by Crippen LogP contribution is 2.44. The molecular weight excluding hydrogens is 460 g/mol. The average Bonchev–Trinajstić information content (AvgIpc) is 3.09. The zero-order valence-electron chi connectivity index (χ0n) is 20.1. The van der Waals surface area contributed by atoms with Gasteiger partial charge in [0, 0.05) is 44.3 Å². The largest absolute Gasteiger partial charge is 0.342 e. The van der Waals surface area contributed by atoms with Crippen molar-refractivity contribution < 1.29 is 14.4 Å². The highest BCUT2D eigenvalue weighted by atomic mass is 32.2. The van der Waals surface area contributed by atoms with Crippen molar-refractivity contribution in [1.82, 2.24) is 14.7 Å². The van der Waals surface area contributed by atoms with Crippen molar-refractivity contribution in [2.24, 2.45) is 0 Å². The van der Waals surface area contributed by atoms with Gasteiger partial charge in [0.25, 0.3) is 0 Å². The van der Waals surface area contributed by atoms with Gasteiger partial charge in [-0.05, 0) is 43.4 Å². The van der Waals surface area contributed by atoms with Crippen molar-refractivity contribution in [2.45, 2.75) is 49.3 Å². The van der Waals surface area contributed by atoms with Gasteiger partial charge in [-0.3, -0.25) is 9.59 Å². The van der Waals surface area contributed by atoms with E-state index in [1.807, 2.05) is 70.2 Å². The third-order valence-electron chi connectivity index (χ3n) is 7.32. The third-order valence-corrected chi connectivity index (χ3v) is 8.80. The number of piperidine rings is 1. The first-order valence-electron chi connectivity index (χ1n) is 12.5. The quantitative estimate of drug-likeness (QED) is 0.682. The van der Waals surface area contributed by atoms with Crippen molar-refractivity contribution in [3.05, 3.63) is 65.7 Å². The number of para-hydroxylation sites is 1. The molecule has 0 spiro atoms. The van der Waals surface area contributed by atoms with Gasteiger partial charge in [0.2, 0.25) is 11.8 Å². The van der Waals surface area contributed by atoms with Crippen LogP contribution in [0.15, 0.2) is 54.6 Å². The second-order valence-corrected chi connectivity index (χ2v) is 10.6. The topological polar surface area (TPSA) is 73.0 Å². The van der Waals surface area contributed by atoms with E-state index in [0.717, 1.165) is 36.1 Å². The number of thioether (sulfide) groups is 1. The predicted octanol–water partition coefficient (Wildman–Crippen LogP) is 4.12. The zero-order valence-corrected chi connectivity index (χ0v) is 20.9. The standard InChI is InChI=1S/C27H32N4O3S/c1-2-30-25(33)23(35-26(30)20-9-4-3-5-10-20)18-24(32)29-15-13-21(14-16-29)31-17-12-19-8-6-7-11-22(19)28-27(31)34/h3-11,21,23,26H,2,12-18H2,1H3,(H,28,34). The highest BCUT2D eigenvalue weighted by Gasteiger charge is 2.42. The van der Waals surface area contributed by atoms with Gasteiger partial charge < -0.3 is 20.0 Å². The second kappa shape index (κ2) is 10.3. The Balaban J connectivity index is 1.16. The molecule has 184 valence electrons. The number of urea groups is 1. The summed E-state index contributed by atoms with van der Waals surface area (Å²) in [4.78, 5) is 44.7. The van der Waals surface area contributed by atoms with Crippen LogP contribution >= 0.6 is 11.8 Å². The molecule has 2 unspecified atom stereocenters. The van der Waals surface area contributed by atoms with Gasteiger partial charge in [0.15, 0.2) is 0 Å². The van der Waals surface area contributed by atoms with Crippen molar-refractivity contribution >= 4 is 35.3 Å². The molecule has 3 aliphatic rings. The number of likely N-dealkylation sites (tertiary alicyclic amines) is 1. The number of hydrogen-bond acceptors (Lipinski definition) is 4. The van der Waals surface area contributed by atoms with E-state index in [4.69, 9.17) is 0 Å². The molecule has 1 N–H and O–H groups in total. The maximum atomic E-state index is 13.1. The fourth-order valence-electron chi connectivity index (χ4n) is 5.37. The van der Waals surface area contributed by atoms with Gasteiger partial charge in [-0.1, -0.05) is 48.5 Å². The molecule has 3 heterocycles. The number of rotatable bonds is 5. The summed E-state index contributed by atoms with van der Waals surface area (Å²) in [5.74, 6) is 0.0854. The van der Waals surface area contributed by atoms with Crippen molar-refractivity contribution in [1.29, 1.82) is 0 Å². The van der Waals surface area contributed by atoms with E-state index in [-0.39, 0.29) is 40.9 Å². The Hall–Kier alpha value is -3.00. The van der Waals surface area contributed by atoms with E-state index in [0.29, 0.717) is 26.2 Å². The first-order chi connectivity index (χ1) is 17.0. The van der Waals surface area contributed by atoms with Gasteiger partial charge in [-0.15, -0.1) is 11.8 Å². The number of fused-ring (bicyclic) bond motifs is 1. The van der Waals surface area contributed by atoms with Crippen molar-refractivity contribution in [3.8, 4) is 0 Å². The van der Waals surface area contributed by atoms with Gasteiger partial charge in [-0.25, -0.2) is 4.79 Å². The molecule has 2 fully saturated rings. The minimum absolute atomic E-state index is 0.0341. The van der Waals surface area contributed by atoms with E-state index in [2.05, 4.69) is 11.4 Å². The first-order valence-corrected chi connectivity index (χ1v) is 13.4. The van der Waals surface area contributed by atoms with Crippen LogP contribution in [0.2, 0.25) is 0 Å². The van der Waals surface area contributed by atoms with Crippen LogP contribution in [0.3, 0.4) is 0 Å². The summed E-state index contributed by atoms with van der Waals surface area (Å²) >= 11 is 1.58. The fraction of sp³-hybridized carbons (Fsp3) is 0.444. The molecule has 7 nitrogen and oxygen atoms in total. The summed E-state index contributed by atoms with van der Waals surface area (Å²) in [5.41, 5.74) is 3.15. The van der Waals surface area contributed by atoms with Crippen LogP contribution in [0.1, 0.15) is 42.7 Å². The van der Waals surface area contributed by atoms with Crippen LogP contribution in [-0.2, 0) is 16.0 Å².